The summed E-state index contributed by atoms with van der Waals surface area (Å²) in [5, 5.41) is 0. The maximum atomic E-state index is 11.8. The molecular weight excluding hydrogens is 180 g/mol. The molecule has 1 saturated heterocycles. The molecule has 1 aromatic rings. The zero-order valence-electron chi connectivity index (χ0n) is 7.60. The molecule has 1 fully saturated rings. The average molecular weight is 190 g/mol. The summed E-state index contributed by atoms with van der Waals surface area (Å²) in [4.78, 5) is 22.6. The highest BCUT2D eigenvalue weighted by molar-refractivity contribution is 6.00. The van der Waals surface area contributed by atoms with Crippen LogP contribution in [0.5, 0.6) is 0 Å². The summed E-state index contributed by atoms with van der Waals surface area (Å²) in [5.74, 6) is -0.569. The van der Waals surface area contributed by atoms with Gasteiger partial charge in [0.15, 0.2) is 5.78 Å². The number of esters is 1. The van der Waals surface area contributed by atoms with Gasteiger partial charge in [-0.25, -0.2) is 0 Å². The second kappa shape index (κ2) is 3.62. The van der Waals surface area contributed by atoms with Crippen LogP contribution in [0.2, 0.25) is 0 Å². The normalized spacial score (nSPS) is 20.6. The van der Waals surface area contributed by atoms with Crippen molar-refractivity contribution < 1.29 is 14.3 Å². The molecule has 1 unspecified atom stereocenters. The Bertz CT molecular complexity index is 356. The van der Waals surface area contributed by atoms with Crippen LogP contribution in [0, 0.1) is 5.92 Å². The summed E-state index contributed by atoms with van der Waals surface area (Å²) < 4.78 is 4.75. The van der Waals surface area contributed by atoms with Gasteiger partial charge in [-0.1, -0.05) is 30.3 Å². The third-order valence-corrected chi connectivity index (χ3v) is 2.29. The van der Waals surface area contributed by atoms with E-state index in [0.29, 0.717) is 5.56 Å². The van der Waals surface area contributed by atoms with Crippen molar-refractivity contribution in [2.75, 3.05) is 6.61 Å². The molecule has 14 heavy (non-hydrogen) atoms. The molecule has 1 heterocycles. The Hall–Kier alpha value is -1.64. The first-order valence-corrected chi connectivity index (χ1v) is 4.52. The van der Waals surface area contributed by atoms with Gasteiger partial charge < -0.3 is 4.74 Å². The predicted molar refractivity (Wildman–Crippen MR) is 49.8 cm³/mol. The van der Waals surface area contributed by atoms with E-state index < -0.39 is 0 Å². The number of cyclic esters (lactones) is 1. The summed E-state index contributed by atoms with van der Waals surface area (Å²) in [5.41, 5.74) is 0.649. The predicted octanol–water partition coefficient (Wildman–Crippen LogP) is 1.43. The number of carbonyl (C=O) groups excluding carboxylic acids is 2. The van der Waals surface area contributed by atoms with Crippen LogP contribution >= 0.6 is 0 Å². The second-order valence-corrected chi connectivity index (χ2v) is 3.31. The molecule has 3 heteroatoms. The van der Waals surface area contributed by atoms with E-state index in [2.05, 4.69) is 0 Å². The molecule has 0 N–H and O–H groups in total. The highest BCUT2D eigenvalue weighted by atomic mass is 16.5. The van der Waals surface area contributed by atoms with E-state index in [-0.39, 0.29) is 30.7 Å². The van der Waals surface area contributed by atoms with Gasteiger partial charge in [0.05, 0.1) is 12.3 Å². The van der Waals surface area contributed by atoms with Crippen molar-refractivity contribution in [1.82, 2.24) is 0 Å². The van der Waals surface area contributed by atoms with Gasteiger partial charge in [0, 0.05) is 5.56 Å². The number of benzene rings is 1. The number of rotatable bonds is 2. The molecule has 1 atom stereocenters. The van der Waals surface area contributed by atoms with Crippen LogP contribution in [-0.2, 0) is 9.53 Å². The van der Waals surface area contributed by atoms with Gasteiger partial charge >= 0.3 is 5.97 Å². The minimum atomic E-state index is -0.287. The fraction of sp³-hybridized carbons (Fsp3) is 0.273. The van der Waals surface area contributed by atoms with Crippen molar-refractivity contribution in [1.29, 1.82) is 0 Å². The first kappa shape index (κ1) is 8.94. The van der Waals surface area contributed by atoms with E-state index in [9.17, 15) is 9.59 Å². The van der Waals surface area contributed by atoms with E-state index in [4.69, 9.17) is 4.74 Å². The molecule has 3 nitrogen and oxygen atoms in total. The maximum Gasteiger partial charge on any atom is 0.306 e. The molecule has 1 aliphatic heterocycles. The summed E-state index contributed by atoms with van der Waals surface area (Å²) >= 11 is 0. The van der Waals surface area contributed by atoms with E-state index in [1.54, 1.807) is 12.1 Å². The van der Waals surface area contributed by atoms with Crippen LogP contribution in [0.25, 0.3) is 0 Å². The van der Waals surface area contributed by atoms with Crippen LogP contribution in [0.3, 0.4) is 0 Å². The van der Waals surface area contributed by atoms with Gasteiger partial charge in [-0.05, 0) is 0 Å². The Balaban J connectivity index is 2.13. The molecule has 0 spiro atoms. The quantitative estimate of drug-likeness (QED) is 0.523. The largest absolute Gasteiger partial charge is 0.465 e. The minimum absolute atomic E-state index is 0.00329. The van der Waals surface area contributed by atoms with E-state index in [1.807, 2.05) is 18.2 Å². The third kappa shape index (κ3) is 1.66. The monoisotopic (exact) mass is 190 g/mol. The lowest BCUT2D eigenvalue weighted by Crippen LogP contribution is -2.14. The number of Topliss-reactive ketones (excluding diaryl/α,β-unsaturated/α-hetero) is 1. The van der Waals surface area contributed by atoms with Crippen LogP contribution in [0.1, 0.15) is 16.8 Å². The molecule has 0 aliphatic carbocycles. The van der Waals surface area contributed by atoms with Gasteiger partial charge in [-0.15, -0.1) is 0 Å². The summed E-state index contributed by atoms with van der Waals surface area (Å²) in [6, 6.07) is 8.99. The molecule has 72 valence electrons. The summed E-state index contributed by atoms with van der Waals surface area (Å²) in [6.45, 7) is 0.229. The molecular formula is C11H10O3. The van der Waals surface area contributed by atoms with Crippen molar-refractivity contribution in [3.05, 3.63) is 35.9 Å². The number of hydrogen-bond donors (Lipinski definition) is 0. The Morgan fingerprint density at radius 1 is 1.29 bits per heavy atom. The van der Waals surface area contributed by atoms with Crippen molar-refractivity contribution in [3.8, 4) is 0 Å². The van der Waals surface area contributed by atoms with Gasteiger partial charge in [0.25, 0.3) is 0 Å². The van der Waals surface area contributed by atoms with Crippen LogP contribution in [-0.4, -0.2) is 18.4 Å². The molecule has 0 bridgehead atoms. The molecule has 0 amide bonds. The summed E-state index contributed by atoms with van der Waals surface area (Å²) in [7, 11) is 0. The lowest BCUT2D eigenvalue weighted by Gasteiger charge is -2.03. The Kier molecular flexibility index (Phi) is 2.31. The summed E-state index contributed by atoms with van der Waals surface area (Å²) in [6.07, 6.45) is 0.216. The zero-order chi connectivity index (χ0) is 9.97. The second-order valence-electron chi connectivity index (χ2n) is 3.31. The molecule has 0 saturated carbocycles. The Morgan fingerprint density at radius 2 is 2.00 bits per heavy atom. The molecule has 2 rings (SSSR count). The first-order valence-electron chi connectivity index (χ1n) is 4.52. The molecule has 1 aliphatic rings. The third-order valence-electron chi connectivity index (χ3n) is 2.29. The SMILES string of the molecule is O=C1CC(C(=O)c2ccccc2)CO1. The zero-order valence-corrected chi connectivity index (χ0v) is 7.60. The fourth-order valence-electron chi connectivity index (χ4n) is 1.52. The Morgan fingerprint density at radius 3 is 2.57 bits per heavy atom. The minimum Gasteiger partial charge on any atom is -0.465 e. The van der Waals surface area contributed by atoms with Crippen molar-refractivity contribution in [3.63, 3.8) is 0 Å². The number of carbonyl (C=O) groups is 2. The highest BCUT2D eigenvalue weighted by Gasteiger charge is 2.30. The van der Waals surface area contributed by atoms with Crippen LogP contribution in [0.4, 0.5) is 0 Å². The molecule has 1 aromatic carbocycles. The van der Waals surface area contributed by atoms with E-state index >= 15 is 0 Å². The number of hydrogen-bond acceptors (Lipinski definition) is 3. The van der Waals surface area contributed by atoms with Crippen LogP contribution < -0.4 is 0 Å². The van der Waals surface area contributed by atoms with Gasteiger partial charge in [0.1, 0.15) is 6.61 Å². The van der Waals surface area contributed by atoms with Crippen molar-refractivity contribution in [2.24, 2.45) is 5.92 Å². The maximum absolute atomic E-state index is 11.8. The first-order chi connectivity index (χ1) is 6.77. The Labute approximate surface area is 81.7 Å². The van der Waals surface area contributed by atoms with Gasteiger partial charge in [-0.2, -0.15) is 0 Å². The van der Waals surface area contributed by atoms with E-state index in [1.165, 1.54) is 0 Å². The lowest BCUT2D eigenvalue weighted by molar-refractivity contribution is -0.137. The van der Waals surface area contributed by atoms with Crippen molar-refractivity contribution >= 4 is 11.8 Å². The topological polar surface area (TPSA) is 43.4 Å². The lowest BCUT2D eigenvalue weighted by atomic mass is 9.97. The molecule has 0 radical (unpaired) electrons. The standard InChI is InChI=1S/C11H10O3/c12-10-6-9(7-14-10)11(13)8-4-2-1-3-5-8/h1-5,9H,6-7H2. The smallest absolute Gasteiger partial charge is 0.306 e. The number of ether oxygens (including phenoxy) is 1. The average Bonchev–Trinajstić information content (AvgIpc) is 2.65. The van der Waals surface area contributed by atoms with Gasteiger partial charge in [-0.3, -0.25) is 9.59 Å². The van der Waals surface area contributed by atoms with Gasteiger partial charge in [0.2, 0.25) is 0 Å². The van der Waals surface area contributed by atoms with Crippen molar-refractivity contribution in [2.45, 2.75) is 6.42 Å². The highest BCUT2D eigenvalue weighted by Crippen LogP contribution is 2.19. The molecule has 0 aromatic heterocycles. The van der Waals surface area contributed by atoms with Crippen LogP contribution in [0.15, 0.2) is 30.3 Å². The number of ketones is 1. The fourth-order valence-corrected chi connectivity index (χ4v) is 1.52. The van der Waals surface area contributed by atoms with E-state index in [0.717, 1.165) is 0 Å².